The summed E-state index contributed by atoms with van der Waals surface area (Å²) in [5, 5.41) is 8.98. The van der Waals surface area contributed by atoms with Crippen LogP contribution in [-0.4, -0.2) is 48.2 Å². The number of methoxy groups -OCH3 is 1. The summed E-state index contributed by atoms with van der Waals surface area (Å²) < 4.78 is 11.0. The monoisotopic (exact) mass is 337 g/mol. The minimum atomic E-state index is -1.04. The van der Waals surface area contributed by atoms with Crippen molar-refractivity contribution in [3.8, 4) is 11.5 Å². The Labute approximate surface area is 143 Å². The van der Waals surface area contributed by atoms with E-state index in [1.807, 2.05) is 0 Å². The normalized spacial score (nSPS) is 10.8. The third-order valence-electron chi connectivity index (χ3n) is 3.55. The zero-order valence-electron chi connectivity index (χ0n) is 15.0. The Morgan fingerprint density at radius 3 is 2.33 bits per heavy atom. The van der Waals surface area contributed by atoms with Crippen LogP contribution in [0.4, 0.5) is 0 Å². The second-order valence-corrected chi connectivity index (χ2v) is 6.32. The van der Waals surface area contributed by atoms with Crippen LogP contribution < -0.4 is 9.47 Å². The van der Waals surface area contributed by atoms with Crippen LogP contribution in [0.5, 0.6) is 11.5 Å². The Hall–Kier alpha value is -2.24. The fourth-order valence-electron chi connectivity index (χ4n) is 2.12. The van der Waals surface area contributed by atoms with Gasteiger partial charge in [-0.15, -0.1) is 0 Å². The smallest absolute Gasteiger partial charge is 0.323 e. The molecule has 0 fully saturated rings. The van der Waals surface area contributed by atoms with Crippen molar-refractivity contribution in [2.24, 2.45) is 5.92 Å². The number of carbonyl (C=O) groups excluding carboxylic acids is 1. The zero-order valence-corrected chi connectivity index (χ0v) is 15.0. The van der Waals surface area contributed by atoms with Crippen molar-refractivity contribution in [3.05, 3.63) is 23.8 Å². The summed E-state index contributed by atoms with van der Waals surface area (Å²) in [6.07, 6.45) is 0.920. The van der Waals surface area contributed by atoms with Gasteiger partial charge in [0.1, 0.15) is 6.54 Å². The standard InChI is InChI=1S/C18H27NO5/c1-12(2)8-9-24-15-7-6-14(10-16(15)23-5)18(22)19(13(3)4)11-17(20)21/h6-7,10,12-13H,8-9,11H2,1-5H3,(H,20,21). The van der Waals surface area contributed by atoms with Crippen LogP contribution in [0, 0.1) is 5.92 Å². The largest absolute Gasteiger partial charge is 0.493 e. The topological polar surface area (TPSA) is 76.1 Å². The highest BCUT2D eigenvalue weighted by molar-refractivity contribution is 5.96. The summed E-state index contributed by atoms with van der Waals surface area (Å²) in [5.74, 6) is 0.178. The van der Waals surface area contributed by atoms with Crippen LogP contribution in [0.3, 0.4) is 0 Å². The molecule has 134 valence electrons. The second kappa shape index (κ2) is 9.15. The zero-order chi connectivity index (χ0) is 18.3. The minimum Gasteiger partial charge on any atom is -0.493 e. The molecular formula is C18H27NO5. The van der Waals surface area contributed by atoms with Gasteiger partial charge in [0.25, 0.3) is 5.91 Å². The molecule has 1 aromatic rings. The van der Waals surface area contributed by atoms with Crippen LogP contribution in [0.2, 0.25) is 0 Å². The number of aliphatic carboxylic acids is 1. The van der Waals surface area contributed by atoms with Crippen molar-refractivity contribution in [1.82, 2.24) is 4.90 Å². The summed E-state index contributed by atoms with van der Waals surface area (Å²) in [4.78, 5) is 24.8. The lowest BCUT2D eigenvalue weighted by molar-refractivity contribution is -0.138. The van der Waals surface area contributed by atoms with E-state index >= 15 is 0 Å². The molecule has 0 unspecified atom stereocenters. The van der Waals surface area contributed by atoms with Gasteiger partial charge < -0.3 is 19.5 Å². The number of carbonyl (C=O) groups is 2. The van der Waals surface area contributed by atoms with E-state index in [2.05, 4.69) is 13.8 Å². The van der Waals surface area contributed by atoms with Crippen molar-refractivity contribution in [2.45, 2.75) is 40.2 Å². The van der Waals surface area contributed by atoms with Gasteiger partial charge in [0.2, 0.25) is 0 Å². The average molecular weight is 337 g/mol. The molecule has 1 N–H and O–H groups in total. The molecule has 1 amide bonds. The summed E-state index contributed by atoms with van der Waals surface area (Å²) >= 11 is 0. The molecule has 0 bridgehead atoms. The number of hydrogen-bond donors (Lipinski definition) is 1. The third kappa shape index (κ3) is 5.76. The van der Waals surface area contributed by atoms with Crippen LogP contribution in [0.25, 0.3) is 0 Å². The summed E-state index contributed by atoms with van der Waals surface area (Å²) in [7, 11) is 1.51. The first-order valence-corrected chi connectivity index (χ1v) is 8.09. The van der Waals surface area contributed by atoms with Gasteiger partial charge in [0.05, 0.1) is 13.7 Å². The van der Waals surface area contributed by atoms with Gasteiger partial charge in [-0.05, 0) is 44.4 Å². The van der Waals surface area contributed by atoms with Gasteiger partial charge in [-0.25, -0.2) is 0 Å². The molecule has 1 rings (SSSR count). The molecule has 0 heterocycles. The minimum absolute atomic E-state index is 0.221. The van der Waals surface area contributed by atoms with Gasteiger partial charge >= 0.3 is 5.97 Å². The van der Waals surface area contributed by atoms with E-state index in [1.165, 1.54) is 12.0 Å². The van der Waals surface area contributed by atoms with Crippen LogP contribution >= 0.6 is 0 Å². The number of carboxylic acid groups (broad SMARTS) is 1. The molecule has 0 aliphatic heterocycles. The molecule has 1 aromatic carbocycles. The maximum Gasteiger partial charge on any atom is 0.323 e. The number of amides is 1. The fraction of sp³-hybridized carbons (Fsp3) is 0.556. The van der Waals surface area contributed by atoms with Crippen molar-refractivity contribution in [1.29, 1.82) is 0 Å². The van der Waals surface area contributed by atoms with Crippen LogP contribution in [0.1, 0.15) is 44.5 Å². The van der Waals surface area contributed by atoms with Gasteiger partial charge in [-0.1, -0.05) is 13.8 Å². The van der Waals surface area contributed by atoms with Crippen molar-refractivity contribution < 1.29 is 24.2 Å². The van der Waals surface area contributed by atoms with E-state index in [0.717, 1.165) is 6.42 Å². The Balaban J connectivity index is 2.95. The lowest BCUT2D eigenvalue weighted by Crippen LogP contribution is -2.40. The predicted octanol–water partition coefficient (Wildman–Crippen LogP) is 3.06. The fourth-order valence-corrected chi connectivity index (χ4v) is 2.12. The van der Waals surface area contributed by atoms with Gasteiger partial charge in [-0.2, -0.15) is 0 Å². The second-order valence-electron chi connectivity index (χ2n) is 6.32. The summed E-state index contributed by atoms with van der Waals surface area (Å²) in [5.41, 5.74) is 0.373. The maximum absolute atomic E-state index is 12.6. The number of ether oxygens (including phenoxy) is 2. The van der Waals surface area contributed by atoms with E-state index in [4.69, 9.17) is 14.6 Å². The highest BCUT2D eigenvalue weighted by atomic mass is 16.5. The molecule has 0 aliphatic rings. The SMILES string of the molecule is COc1cc(C(=O)N(CC(=O)O)C(C)C)ccc1OCCC(C)C. The highest BCUT2D eigenvalue weighted by Gasteiger charge is 2.22. The third-order valence-corrected chi connectivity index (χ3v) is 3.55. The van der Waals surface area contributed by atoms with Crippen molar-refractivity contribution >= 4 is 11.9 Å². The first kappa shape index (κ1) is 19.8. The van der Waals surface area contributed by atoms with E-state index in [9.17, 15) is 9.59 Å². The van der Waals surface area contributed by atoms with Crippen molar-refractivity contribution in [2.75, 3.05) is 20.3 Å². The highest BCUT2D eigenvalue weighted by Crippen LogP contribution is 2.29. The lowest BCUT2D eigenvalue weighted by atomic mass is 10.1. The molecule has 0 radical (unpaired) electrons. The Bertz CT molecular complexity index is 569. The van der Waals surface area contributed by atoms with E-state index in [1.54, 1.807) is 32.0 Å². The summed E-state index contributed by atoms with van der Waals surface area (Å²) in [6, 6.07) is 4.68. The Morgan fingerprint density at radius 1 is 1.17 bits per heavy atom. The summed E-state index contributed by atoms with van der Waals surface area (Å²) in [6.45, 7) is 8.02. The molecule has 24 heavy (non-hydrogen) atoms. The van der Waals surface area contributed by atoms with Gasteiger partial charge in [0, 0.05) is 11.6 Å². The number of rotatable bonds is 9. The molecule has 0 aromatic heterocycles. The molecule has 0 saturated carbocycles. The average Bonchev–Trinajstić information content (AvgIpc) is 2.51. The molecule has 0 saturated heterocycles. The predicted molar refractivity (Wildman–Crippen MR) is 91.8 cm³/mol. The molecule has 0 atom stereocenters. The van der Waals surface area contributed by atoms with E-state index in [-0.39, 0.29) is 18.5 Å². The van der Waals surface area contributed by atoms with Crippen LogP contribution in [-0.2, 0) is 4.79 Å². The van der Waals surface area contributed by atoms with Gasteiger partial charge in [-0.3, -0.25) is 9.59 Å². The number of nitrogens with zero attached hydrogens (tertiary/aromatic N) is 1. The molecule has 0 spiro atoms. The Morgan fingerprint density at radius 2 is 1.83 bits per heavy atom. The first-order chi connectivity index (χ1) is 11.3. The number of carboxylic acids is 1. The van der Waals surface area contributed by atoms with E-state index < -0.39 is 5.97 Å². The molecular weight excluding hydrogens is 310 g/mol. The lowest BCUT2D eigenvalue weighted by Gasteiger charge is -2.25. The molecule has 6 heteroatoms. The van der Waals surface area contributed by atoms with E-state index in [0.29, 0.717) is 29.6 Å². The quantitative estimate of drug-likeness (QED) is 0.749. The number of hydrogen-bond acceptors (Lipinski definition) is 4. The number of benzene rings is 1. The maximum atomic E-state index is 12.6. The first-order valence-electron chi connectivity index (χ1n) is 8.09. The van der Waals surface area contributed by atoms with Crippen LogP contribution in [0.15, 0.2) is 18.2 Å². The molecule has 0 aliphatic carbocycles. The molecule has 6 nitrogen and oxygen atoms in total. The Kier molecular flexibility index (Phi) is 7.55. The van der Waals surface area contributed by atoms with Crippen molar-refractivity contribution in [3.63, 3.8) is 0 Å². The van der Waals surface area contributed by atoms with Gasteiger partial charge in [0.15, 0.2) is 11.5 Å².